The number of hydrogen-bond acceptors (Lipinski definition) is 5. The van der Waals surface area contributed by atoms with E-state index >= 15 is 0 Å². The molecule has 0 saturated heterocycles. The van der Waals surface area contributed by atoms with Gasteiger partial charge in [-0.1, -0.05) is 59.8 Å². The number of rotatable bonds is 5. The van der Waals surface area contributed by atoms with Crippen molar-refractivity contribution >= 4 is 45.2 Å². The molecule has 3 aromatic heterocycles. The lowest BCUT2D eigenvalue weighted by atomic mass is 10.1. The van der Waals surface area contributed by atoms with E-state index in [4.69, 9.17) is 11.6 Å². The average molecular weight is 499 g/mol. The molecule has 0 aliphatic carbocycles. The summed E-state index contributed by atoms with van der Waals surface area (Å²) in [6, 6.07) is 21.3. The molecule has 7 nitrogen and oxygen atoms in total. The van der Waals surface area contributed by atoms with Gasteiger partial charge in [0.15, 0.2) is 11.0 Å². The quantitative estimate of drug-likeness (QED) is 0.288. The van der Waals surface area contributed by atoms with Gasteiger partial charge >= 0.3 is 0 Å². The van der Waals surface area contributed by atoms with Gasteiger partial charge in [-0.05, 0) is 42.8 Å². The van der Waals surface area contributed by atoms with Gasteiger partial charge in [-0.2, -0.15) is 0 Å². The lowest BCUT2D eigenvalue weighted by molar-refractivity contribution is 0.878. The fourth-order valence-corrected chi connectivity index (χ4v) is 5.17. The lowest BCUT2D eigenvalue weighted by Gasteiger charge is -2.12. The average Bonchev–Trinajstić information content (AvgIpc) is 3.46. The van der Waals surface area contributed by atoms with Gasteiger partial charge in [0.1, 0.15) is 5.82 Å². The first-order valence-corrected chi connectivity index (χ1v) is 12.3. The summed E-state index contributed by atoms with van der Waals surface area (Å²) < 4.78 is 2.06. The molecule has 0 aliphatic heterocycles. The Bertz CT molecular complexity index is 1770. The van der Waals surface area contributed by atoms with Crippen LogP contribution >= 0.6 is 23.4 Å². The van der Waals surface area contributed by atoms with E-state index < -0.39 is 0 Å². The lowest BCUT2D eigenvalue weighted by Crippen LogP contribution is -2.11. The van der Waals surface area contributed by atoms with Crippen molar-refractivity contribution in [1.29, 1.82) is 0 Å². The summed E-state index contributed by atoms with van der Waals surface area (Å²) >= 11 is 7.57. The Hall–Kier alpha value is -3.88. The maximum atomic E-state index is 12.6. The van der Waals surface area contributed by atoms with E-state index in [0.717, 1.165) is 33.5 Å². The summed E-state index contributed by atoms with van der Waals surface area (Å²) in [6.45, 7) is 2.06. The molecule has 0 atom stereocenters. The van der Waals surface area contributed by atoms with Crippen molar-refractivity contribution in [2.45, 2.75) is 17.8 Å². The minimum Gasteiger partial charge on any atom is -0.360 e. The van der Waals surface area contributed by atoms with E-state index in [9.17, 15) is 4.79 Å². The zero-order valence-corrected chi connectivity index (χ0v) is 20.2. The van der Waals surface area contributed by atoms with E-state index in [0.29, 0.717) is 32.7 Å². The number of hydrogen-bond donors (Lipinski definition) is 2. The molecule has 9 heteroatoms. The molecule has 172 valence electrons. The van der Waals surface area contributed by atoms with Crippen molar-refractivity contribution in [2.24, 2.45) is 0 Å². The van der Waals surface area contributed by atoms with E-state index in [-0.39, 0.29) is 5.56 Å². The van der Waals surface area contributed by atoms with Crippen LogP contribution in [-0.4, -0.2) is 29.7 Å². The molecular formula is C26H19ClN6OS. The fraction of sp³-hybridized carbons (Fsp3) is 0.0769. The maximum Gasteiger partial charge on any atom is 0.258 e. The first-order valence-electron chi connectivity index (χ1n) is 11.0. The highest BCUT2D eigenvalue weighted by Crippen LogP contribution is 2.34. The molecule has 2 N–H and O–H groups in total. The van der Waals surface area contributed by atoms with Crippen LogP contribution in [-0.2, 0) is 5.75 Å². The van der Waals surface area contributed by atoms with Crippen LogP contribution in [0, 0.1) is 6.92 Å². The number of H-pyrrole nitrogens is 2. The minimum absolute atomic E-state index is 0.192. The largest absolute Gasteiger partial charge is 0.360 e. The van der Waals surface area contributed by atoms with Crippen molar-refractivity contribution in [1.82, 2.24) is 29.7 Å². The van der Waals surface area contributed by atoms with Gasteiger partial charge in [0, 0.05) is 27.7 Å². The first kappa shape index (κ1) is 21.6. The third kappa shape index (κ3) is 3.90. The van der Waals surface area contributed by atoms with Crippen molar-refractivity contribution in [3.63, 3.8) is 0 Å². The van der Waals surface area contributed by atoms with Crippen LogP contribution in [0.2, 0.25) is 5.02 Å². The molecule has 3 aromatic carbocycles. The normalized spacial score (nSPS) is 11.5. The van der Waals surface area contributed by atoms with Crippen LogP contribution in [0.5, 0.6) is 0 Å². The maximum absolute atomic E-state index is 12.6. The number of aromatic amines is 2. The number of aromatic nitrogens is 6. The highest BCUT2D eigenvalue weighted by atomic mass is 35.5. The Morgan fingerprint density at radius 3 is 2.71 bits per heavy atom. The Kier molecular flexibility index (Phi) is 5.39. The second kappa shape index (κ2) is 8.72. The number of thioether (sulfide) groups is 1. The number of halogens is 1. The van der Waals surface area contributed by atoms with E-state index in [1.807, 2.05) is 36.5 Å². The fourth-order valence-electron chi connectivity index (χ4n) is 4.19. The second-order valence-electron chi connectivity index (χ2n) is 8.14. The first-order chi connectivity index (χ1) is 17.1. The summed E-state index contributed by atoms with van der Waals surface area (Å²) in [5.74, 6) is 1.70. The molecule has 0 unspecified atom stereocenters. The SMILES string of the molecule is Cc1ccccc1-n1c(SCc2nc3cc(Cl)ccc3c(=O)[nH]2)nnc1-c1c[nH]c2ccccc12. The topological polar surface area (TPSA) is 92.2 Å². The number of nitrogens with zero attached hydrogens (tertiary/aromatic N) is 4. The smallest absolute Gasteiger partial charge is 0.258 e. The van der Waals surface area contributed by atoms with Gasteiger partial charge in [0.25, 0.3) is 5.56 Å². The molecule has 0 spiro atoms. The van der Waals surface area contributed by atoms with Gasteiger partial charge in [-0.15, -0.1) is 10.2 Å². The van der Waals surface area contributed by atoms with Crippen LogP contribution in [0.4, 0.5) is 0 Å². The molecule has 0 radical (unpaired) electrons. The summed E-state index contributed by atoms with van der Waals surface area (Å²) in [6.07, 6.45) is 1.96. The molecule has 3 heterocycles. The standard InChI is InChI=1S/C26H19ClN6OS/c1-15-6-2-5-9-22(15)33-24(19-13-28-20-8-4-3-7-17(19)20)31-32-26(33)35-14-23-29-21-12-16(27)10-11-18(21)25(34)30-23/h2-13,28H,14H2,1H3,(H,29,30,34). The zero-order chi connectivity index (χ0) is 23.9. The molecular weight excluding hydrogens is 480 g/mol. The molecule has 6 aromatic rings. The summed E-state index contributed by atoms with van der Waals surface area (Å²) in [4.78, 5) is 23.4. The van der Waals surface area contributed by atoms with Gasteiger partial charge in [0.2, 0.25) is 0 Å². The molecule has 0 aliphatic rings. The van der Waals surface area contributed by atoms with E-state index in [1.54, 1.807) is 18.2 Å². The summed E-state index contributed by atoms with van der Waals surface area (Å²) in [5.41, 5.74) is 4.47. The molecule has 6 rings (SSSR count). The highest BCUT2D eigenvalue weighted by molar-refractivity contribution is 7.98. The number of nitrogens with one attached hydrogen (secondary N) is 2. The molecule has 0 fully saturated rings. The van der Waals surface area contributed by atoms with E-state index in [2.05, 4.69) is 54.8 Å². The third-order valence-electron chi connectivity index (χ3n) is 5.88. The van der Waals surface area contributed by atoms with Gasteiger partial charge in [-0.3, -0.25) is 9.36 Å². The van der Waals surface area contributed by atoms with Crippen LogP contribution in [0.1, 0.15) is 11.4 Å². The Labute approximate surface area is 209 Å². The number of benzene rings is 3. The van der Waals surface area contributed by atoms with Crippen LogP contribution in [0.3, 0.4) is 0 Å². The zero-order valence-electron chi connectivity index (χ0n) is 18.6. The van der Waals surface area contributed by atoms with Crippen molar-refractivity contribution in [3.05, 3.63) is 99.7 Å². The van der Waals surface area contributed by atoms with Crippen molar-refractivity contribution in [2.75, 3.05) is 0 Å². The number of para-hydroxylation sites is 2. The van der Waals surface area contributed by atoms with E-state index in [1.165, 1.54) is 11.8 Å². The Morgan fingerprint density at radius 2 is 1.83 bits per heavy atom. The van der Waals surface area contributed by atoms with Crippen LogP contribution in [0.25, 0.3) is 38.9 Å². The van der Waals surface area contributed by atoms with Crippen LogP contribution in [0.15, 0.2) is 82.9 Å². The van der Waals surface area contributed by atoms with Crippen molar-refractivity contribution < 1.29 is 0 Å². The predicted octanol–water partition coefficient (Wildman–Crippen LogP) is 5.91. The Balaban J connectivity index is 1.44. The van der Waals surface area contributed by atoms with Gasteiger partial charge < -0.3 is 9.97 Å². The summed E-state index contributed by atoms with van der Waals surface area (Å²) in [7, 11) is 0. The second-order valence-corrected chi connectivity index (χ2v) is 9.52. The number of aryl methyl sites for hydroxylation is 1. The minimum atomic E-state index is -0.192. The molecule has 0 saturated carbocycles. The molecule has 0 amide bonds. The monoisotopic (exact) mass is 498 g/mol. The number of fused-ring (bicyclic) bond motifs is 2. The van der Waals surface area contributed by atoms with Crippen molar-refractivity contribution in [3.8, 4) is 17.1 Å². The highest BCUT2D eigenvalue weighted by Gasteiger charge is 2.20. The summed E-state index contributed by atoms with van der Waals surface area (Å²) in [5, 5.41) is 11.9. The predicted molar refractivity (Wildman–Crippen MR) is 140 cm³/mol. The van der Waals surface area contributed by atoms with Gasteiger partial charge in [0.05, 0.1) is 22.3 Å². The van der Waals surface area contributed by atoms with Gasteiger partial charge in [-0.25, -0.2) is 4.98 Å². The third-order valence-corrected chi connectivity index (χ3v) is 7.05. The van der Waals surface area contributed by atoms with Crippen LogP contribution < -0.4 is 5.56 Å². The Morgan fingerprint density at radius 1 is 1.00 bits per heavy atom. The molecule has 35 heavy (non-hydrogen) atoms. The molecule has 0 bridgehead atoms.